The predicted octanol–water partition coefficient (Wildman–Crippen LogP) is 4.25. The number of hydrogen-bond acceptors (Lipinski definition) is 8. The van der Waals surface area contributed by atoms with Crippen molar-refractivity contribution >= 4 is 38.4 Å². The second-order valence-electron chi connectivity index (χ2n) is 8.13. The number of rotatable bonds is 9. The van der Waals surface area contributed by atoms with Gasteiger partial charge in [0.25, 0.3) is 10.0 Å². The van der Waals surface area contributed by atoms with Crippen molar-refractivity contribution in [3.63, 3.8) is 0 Å². The SMILES string of the molecule is COc1cc(Nc2nc3ccccc3nc2NS(=O)(=O)c2cccc(CN(C)C)c2)cc(OC)c1. The van der Waals surface area contributed by atoms with Gasteiger partial charge in [-0.2, -0.15) is 0 Å². The molecule has 1 aromatic heterocycles. The molecule has 182 valence electrons. The topological polar surface area (TPSA) is 106 Å². The zero-order valence-electron chi connectivity index (χ0n) is 19.9. The van der Waals surface area contributed by atoms with E-state index in [1.807, 2.05) is 43.3 Å². The van der Waals surface area contributed by atoms with Crippen LogP contribution in [0.5, 0.6) is 11.5 Å². The van der Waals surface area contributed by atoms with Crippen LogP contribution in [0.1, 0.15) is 5.56 Å². The van der Waals surface area contributed by atoms with E-state index >= 15 is 0 Å². The van der Waals surface area contributed by atoms with Crippen LogP contribution < -0.4 is 19.5 Å². The number of methoxy groups -OCH3 is 2. The van der Waals surface area contributed by atoms with E-state index in [-0.39, 0.29) is 16.5 Å². The van der Waals surface area contributed by atoms with Crippen LogP contribution in [-0.4, -0.2) is 51.6 Å². The average Bonchev–Trinajstić information content (AvgIpc) is 2.83. The van der Waals surface area contributed by atoms with Crippen molar-refractivity contribution in [2.75, 3.05) is 38.4 Å². The third kappa shape index (κ3) is 5.79. The molecule has 0 bridgehead atoms. The first-order chi connectivity index (χ1) is 16.8. The van der Waals surface area contributed by atoms with E-state index in [1.165, 1.54) is 0 Å². The lowest BCUT2D eigenvalue weighted by Crippen LogP contribution is -2.17. The van der Waals surface area contributed by atoms with Crippen molar-refractivity contribution in [2.24, 2.45) is 0 Å². The molecule has 9 nitrogen and oxygen atoms in total. The standard InChI is InChI=1S/C25H27N5O4S/c1-30(2)16-17-8-7-9-21(12-17)35(31,32)29-25-24(27-22-10-5-6-11-23(22)28-25)26-18-13-19(33-3)15-20(14-18)34-4/h5-15H,16H2,1-4H3,(H,26,27)(H,28,29). The second-order valence-corrected chi connectivity index (χ2v) is 9.81. The minimum Gasteiger partial charge on any atom is -0.497 e. The van der Waals surface area contributed by atoms with Crippen LogP contribution in [0.15, 0.2) is 71.6 Å². The van der Waals surface area contributed by atoms with Gasteiger partial charge in [-0.3, -0.25) is 4.72 Å². The summed E-state index contributed by atoms with van der Waals surface area (Å²) in [5, 5.41) is 3.16. The molecule has 0 unspecified atom stereocenters. The summed E-state index contributed by atoms with van der Waals surface area (Å²) in [7, 11) is 3.02. The number of nitrogens with zero attached hydrogens (tertiary/aromatic N) is 3. The van der Waals surface area contributed by atoms with Crippen LogP contribution in [0.3, 0.4) is 0 Å². The first-order valence-corrected chi connectivity index (χ1v) is 12.3. The van der Waals surface area contributed by atoms with E-state index in [2.05, 4.69) is 20.0 Å². The maximum absolute atomic E-state index is 13.3. The Morgan fingerprint density at radius 2 is 1.46 bits per heavy atom. The summed E-state index contributed by atoms with van der Waals surface area (Å²) in [6, 6.07) is 19.3. The Balaban J connectivity index is 1.75. The molecule has 0 aliphatic heterocycles. The molecule has 3 aromatic carbocycles. The summed E-state index contributed by atoms with van der Waals surface area (Å²) in [6.07, 6.45) is 0. The number of hydrogen-bond donors (Lipinski definition) is 2. The minimum atomic E-state index is -3.94. The van der Waals surface area contributed by atoms with Crippen LogP contribution in [0.2, 0.25) is 0 Å². The first-order valence-electron chi connectivity index (χ1n) is 10.8. The summed E-state index contributed by atoms with van der Waals surface area (Å²) in [5.41, 5.74) is 2.64. The molecular weight excluding hydrogens is 466 g/mol. The zero-order chi connectivity index (χ0) is 25.0. The van der Waals surface area contributed by atoms with Gasteiger partial charge >= 0.3 is 0 Å². The summed E-state index contributed by atoms with van der Waals surface area (Å²) in [4.78, 5) is 11.3. The Bertz CT molecular complexity index is 1440. The molecule has 1 heterocycles. The van der Waals surface area contributed by atoms with Crippen molar-refractivity contribution in [3.05, 3.63) is 72.3 Å². The second kappa shape index (κ2) is 10.2. The maximum Gasteiger partial charge on any atom is 0.263 e. The number of sulfonamides is 1. The van der Waals surface area contributed by atoms with Crippen molar-refractivity contribution < 1.29 is 17.9 Å². The molecule has 0 aliphatic carbocycles. The largest absolute Gasteiger partial charge is 0.497 e. The number of ether oxygens (including phenoxy) is 2. The molecule has 0 saturated carbocycles. The molecule has 0 atom stereocenters. The lowest BCUT2D eigenvalue weighted by Gasteiger charge is -2.16. The number of fused-ring (bicyclic) bond motifs is 1. The monoisotopic (exact) mass is 493 g/mol. The van der Waals surface area contributed by atoms with E-state index in [1.54, 1.807) is 56.7 Å². The Morgan fingerprint density at radius 1 is 0.829 bits per heavy atom. The van der Waals surface area contributed by atoms with Crippen LogP contribution >= 0.6 is 0 Å². The fourth-order valence-electron chi connectivity index (χ4n) is 3.54. The zero-order valence-corrected chi connectivity index (χ0v) is 20.8. The molecule has 4 aromatic rings. The fraction of sp³-hybridized carbons (Fsp3) is 0.200. The van der Waals surface area contributed by atoms with Gasteiger partial charge in [0.1, 0.15) is 11.5 Å². The highest BCUT2D eigenvalue weighted by Crippen LogP contribution is 2.31. The molecule has 10 heteroatoms. The van der Waals surface area contributed by atoms with E-state index in [0.29, 0.717) is 34.8 Å². The van der Waals surface area contributed by atoms with Crippen LogP contribution in [0.4, 0.5) is 17.3 Å². The Labute approximate surface area is 204 Å². The summed E-state index contributed by atoms with van der Waals surface area (Å²) in [5.74, 6) is 1.45. The predicted molar refractivity (Wildman–Crippen MR) is 137 cm³/mol. The van der Waals surface area contributed by atoms with Crippen LogP contribution in [0.25, 0.3) is 11.0 Å². The molecule has 0 radical (unpaired) electrons. The van der Waals surface area contributed by atoms with Gasteiger partial charge in [0.05, 0.1) is 30.1 Å². The maximum atomic E-state index is 13.3. The summed E-state index contributed by atoms with van der Waals surface area (Å²) < 4.78 is 39.9. The number of nitrogens with one attached hydrogen (secondary N) is 2. The molecule has 0 amide bonds. The number of aromatic nitrogens is 2. The van der Waals surface area contributed by atoms with Gasteiger partial charge in [-0.05, 0) is 43.9 Å². The molecule has 0 aliphatic rings. The van der Waals surface area contributed by atoms with E-state index in [4.69, 9.17) is 9.47 Å². The van der Waals surface area contributed by atoms with Crippen molar-refractivity contribution in [1.29, 1.82) is 0 Å². The van der Waals surface area contributed by atoms with Gasteiger partial charge in [0, 0.05) is 30.4 Å². The minimum absolute atomic E-state index is 0.0727. The molecule has 0 spiro atoms. The lowest BCUT2D eigenvalue weighted by molar-refractivity contribution is 0.395. The van der Waals surface area contributed by atoms with Gasteiger partial charge in [0.2, 0.25) is 0 Å². The first kappa shape index (κ1) is 24.2. The van der Waals surface area contributed by atoms with Crippen LogP contribution in [0, 0.1) is 0 Å². The van der Waals surface area contributed by atoms with E-state index < -0.39 is 10.0 Å². The number of benzene rings is 3. The molecule has 2 N–H and O–H groups in total. The number of anilines is 3. The van der Waals surface area contributed by atoms with Gasteiger partial charge in [-0.15, -0.1) is 0 Å². The van der Waals surface area contributed by atoms with Gasteiger partial charge < -0.3 is 19.7 Å². The van der Waals surface area contributed by atoms with E-state index in [9.17, 15) is 8.42 Å². The Hall–Kier alpha value is -3.89. The van der Waals surface area contributed by atoms with Crippen molar-refractivity contribution in [3.8, 4) is 11.5 Å². The highest BCUT2D eigenvalue weighted by molar-refractivity contribution is 7.92. The summed E-state index contributed by atoms with van der Waals surface area (Å²) >= 11 is 0. The molecule has 35 heavy (non-hydrogen) atoms. The highest BCUT2D eigenvalue weighted by Gasteiger charge is 2.20. The quantitative estimate of drug-likeness (QED) is 0.356. The number of para-hydroxylation sites is 2. The molecule has 0 saturated heterocycles. The normalized spacial score (nSPS) is 11.5. The average molecular weight is 494 g/mol. The van der Waals surface area contributed by atoms with Gasteiger partial charge in [0.15, 0.2) is 11.6 Å². The smallest absolute Gasteiger partial charge is 0.263 e. The van der Waals surface area contributed by atoms with Crippen molar-refractivity contribution in [2.45, 2.75) is 11.4 Å². The molecule has 4 rings (SSSR count). The lowest BCUT2D eigenvalue weighted by atomic mass is 10.2. The molecule has 0 fully saturated rings. The Morgan fingerprint density at radius 3 is 2.06 bits per heavy atom. The Kier molecular flexibility index (Phi) is 7.04. The van der Waals surface area contributed by atoms with Crippen LogP contribution in [-0.2, 0) is 16.6 Å². The third-order valence-corrected chi connectivity index (χ3v) is 6.46. The van der Waals surface area contributed by atoms with Gasteiger partial charge in [-0.1, -0.05) is 24.3 Å². The fourth-order valence-corrected chi connectivity index (χ4v) is 4.62. The molecular formula is C25H27N5O4S. The highest BCUT2D eigenvalue weighted by atomic mass is 32.2. The van der Waals surface area contributed by atoms with Gasteiger partial charge in [-0.25, -0.2) is 18.4 Å². The van der Waals surface area contributed by atoms with E-state index in [0.717, 1.165) is 5.56 Å². The van der Waals surface area contributed by atoms with Crippen molar-refractivity contribution in [1.82, 2.24) is 14.9 Å². The summed E-state index contributed by atoms with van der Waals surface area (Å²) in [6.45, 7) is 0.615. The third-order valence-electron chi connectivity index (χ3n) is 5.12.